The van der Waals surface area contributed by atoms with Gasteiger partial charge in [0.25, 0.3) is 0 Å². The van der Waals surface area contributed by atoms with Gasteiger partial charge in [0.2, 0.25) is 0 Å². The Labute approximate surface area is 77.2 Å². The van der Waals surface area contributed by atoms with Crippen molar-refractivity contribution in [1.82, 2.24) is 0 Å². The second-order valence-electron chi connectivity index (χ2n) is 3.34. The lowest BCUT2D eigenvalue weighted by molar-refractivity contribution is 0.282. The van der Waals surface area contributed by atoms with E-state index in [1.165, 1.54) is 57.8 Å². The van der Waals surface area contributed by atoms with E-state index in [0.29, 0.717) is 0 Å². The zero-order chi connectivity index (χ0) is 9.07. The van der Waals surface area contributed by atoms with Crippen LogP contribution in [0.5, 0.6) is 0 Å². The van der Waals surface area contributed by atoms with Crippen molar-refractivity contribution in [2.45, 2.75) is 57.8 Å². The SMILES string of the molecule is C[O].[CH]1CCCCCCCCC1. The standard InChI is InChI=1S/C10H19.CH3O/c1-2-4-6-8-10-9-7-5-3-1;1-2/h1H,2-10H2;1H3. The first-order valence-corrected chi connectivity index (χ1v) is 5.22. The molecule has 0 amide bonds. The molecular weight excluding hydrogens is 148 g/mol. The fourth-order valence-electron chi connectivity index (χ4n) is 1.61. The van der Waals surface area contributed by atoms with Gasteiger partial charge in [0.1, 0.15) is 0 Å². The van der Waals surface area contributed by atoms with Crippen LogP contribution in [0.3, 0.4) is 0 Å². The number of hydrogen-bond acceptors (Lipinski definition) is 0. The minimum absolute atomic E-state index is 0.750. The van der Waals surface area contributed by atoms with Crippen LogP contribution in [0.25, 0.3) is 0 Å². The third kappa shape index (κ3) is 8.06. The monoisotopic (exact) mass is 170 g/mol. The zero-order valence-corrected chi connectivity index (χ0v) is 8.35. The van der Waals surface area contributed by atoms with Crippen molar-refractivity contribution in [1.29, 1.82) is 0 Å². The molecule has 0 atom stereocenters. The van der Waals surface area contributed by atoms with Crippen LogP contribution in [0.15, 0.2) is 0 Å². The fourth-order valence-corrected chi connectivity index (χ4v) is 1.61. The molecule has 1 aliphatic carbocycles. The Hall–Kier alpha value is -0.0400. The third-order valence-electron chi connectivity index (χ3n) is 2.32. The summed E-state index contributed by atoms with van der Waals surface area (Å²) in [6, 6.07) is 0. The van der Waals surface area contributed by atoms with Gasteiger partial charge < -0.3 is 0 Å². The summed E-state index contributed by atoms with van der Waals surface area (Å²) in [5.74, 6) is 0. The highest BCUT2D eigenvalue weighted by Crippen LogP contribution is 2.15. The van der Waals surface area contributed by atoms with Crippen molar-refractivity contribution >= 4 is 0 Å². The van der Waals surface area contributed by atoms with E-state index in [4.69, 9.17) is 5.11 Å². The molecule has 0 aromatic rings. The zero-order valence-electron chi connectivity index (χ0n) is 8.35. The van der Waals surface area contributed by atoms with Gasteiger partial charge in [0, 0.05) is 0 Å². The summed E-state index contributed by atoms with van der Waals surface area (Å²) in [5.41, 5.74) is 0. The number of rotatable bonds is 0. The van der Waals surface area contributed by atoms with Gasteiger partial charge in [-0.2, -0.15) is 0 Å². The Balaban J connectivity index is 0.000000561. The van der Waals surface area contributed by atoms with Crippen LogP contribution in [0, 0.1) is 6.42 Å². The topological polar surface area (TPSA) is 19.9 Å². The summed E-state index contributed by atoms with van der Waals surface area (Å²) in [7, 11) is 0.750. The van der Waals surface area contributed by atoms with E-state index in [2.05, 4.69) is 6.42 Å². The van der Waals surface area contributed by atoms with Crippen molar-refractivity contribution in [2.24, 2.45) is 0 Å². The van der Waals surface area contributed by atoms with Crippen LogP contribution in [0.2, 0.25) is 0 Å². The molecule has 1 heteroatoms. The summed E-state index contributed by atoms with van der Waals surface area (Å²) in [6.07, 6.45) is 15.5. The minimum atomic E-state index is 0.750. The lowest BCUT2D eigenvalue weighted by atomic mass is 10.0. The largest absolute Gasteiger partial charge is 0.240 e. The maximum absolute atomic E-state index is 8.25. The van der Waals surface area contributed by atoms with Crippen LogP contribution in [0.1, 0.15) is 57.8 Å². The van der Waals surface area contributed by atoms with Gasteiger partial charge in [-0.1, -0.05) is 57.8 Å². The van der Waals surface area contributed by atoms with Gasteiger partial charge >= 0.3 is 0 Å². The molecule has 1 nitrogen and oxygen atoms in total. The van der Waals surface area contributed by atoms with Gasteiger partial charge in [-0.25, -0.2) is 5.11 Å². The van der Waals surface area contributed by atoms with E-state index in [0.717, 1.165) is 7.11 Å². The molecule has 0 heterocycles. The normalized spacial score (nSPS) is 20.5. The Morgan fingerprint density at radius 1 is 0.667 bits per heavy atom. The van der Waals surface area contributed by atoms with Gasteiger partial charge in [-0.05, 0) is 6.42 Å². The van der Waals surface area contributed by atoms with Crippen LogP contribution in [0.4, 0.5) is 0 Å². The van der Waals surface area contributed by atoms with Gasteiger partial charge in [0.05, 0.1) is 7.11 Å². The average Bonchev–Trinajstić information content (AvgIpc) is 2.18. The Kier molecular flexibility index (Phi) is 10.9. The predicted octanol–water partition coefficient (Wildman–Crippen LogP) is 3.76. The van der Waals surface area contributed by atoms with Crippen LogP contribution in [-0.2, 0) is 5.11 Å². The van der Waals surface area contributed by atoms with E-state index in [-0.39, 0.29) is 0 Å². The van der Waals surface area contributed by atoms with Crippen molar-refractivity contribution < 1.29 is 5.11 Å². The second kappa shape index (κ2) is 11.0. The highest BCUT2D eigenvalue weighted by Gasteiger charge is 1.96. The second-order valence-corrected chi connectivity index (χ2v) is 3.34. The highest BCUT2D eigenvalue weighted by atomic mass is 16.2. The van der Waals surface area contributed by atoms with Crippen LogP contribution in [-0.4, -0.2) is 7.11 Å². The molecule has 1 fully saturated rings. The van der Waals surface area contributed by atoms with Crippen molar-refractivity contribution in [3.05, 3.63) is 6.42 Å². The molecule has 0 aliphatic heterocycles. The number of hydrogen-bond donors (Lipinski definition) is 0. The molecule has 0 aromatic heterocycles. The first kappa shape index (κ1) is 12.0. The maximum atomic E-state index is 8.25. The third-order valence-corrected chi connectivity index (χ3v) is 2.32. The molecule has 1 rings (SSSR count). The van der Waals surface area contributed by atoms with E-state index in [1.54, 1.807) is 0 Å². The van der Waals surface area contributed by atoms with E-state index < -0.39 is 0 Å². The summed E-state index contributed by atoms with van der Waals surface area (Å²) in [5, 5.41) is 8.25. The van der Waals surface area contributed by atoms with Crippen LogP contribution < -0.4 is 0 Å². The molecule has 12 heavy (non-hydrogen) atoms. The Morgan fingerprint density at radius 3 is 1.42 bits per heavy atom. The molecule has 0 spiro atoms. The van der Waals surface area contributed by atoms with Gasteiger partial charge in [0.15, 0.2) is 0 Å². The van der Waals surface area contributed by atoms with E-state index in [1.807, 2.05) is 0 Å². The molecule has 1 aliphatic rings. The van der Waals surface area contributed by atoms with Gasteiger partial charge in [-0.15, -0.1) is 0 Å². The van der Waals surface area contributed by atoms with E-state index >= 15 is 0 Å². The maximum Gasteiger partial charge on any atom is 0.0712 e. The van der Waals surface area contributed by atoms with Crippen molar-refractivity contribution in [3.63, 3.8) is 0 Å². The summed E-state index contributed by atoms with van der Waals surface area (Å²) >= 11 is 0. The molecule has 0 bridgehead atoms. The van der Waals surface area contributed by atoms with E-state index in [9.17, 15) is 0 Å². The predicted molar refractivity (Wildman–Crippen MR) is 52.5 cm³/mol. The molecule has 72 valence electrons. The smallest absolute Gasteiger partial charge is 0.0712 e. The lowest BCUT2D eigenvalue weighted by Gasteiger charge is -2.05. The molecule has 1 saturated carbocycles. The summed E-state index contributed by atoms with van der Waals surface area (Å²) in [4.78, 5) is 0. The average molecular weight is 170 g/mol. The molecule has 0 aromatic carbocycles. The molecular formula is C11H22O. The molecule has 2 radical (unpaired) electrons. The summed E-state index contributed by atoms with van der Waals surface area (Å²) in [6.45, 7) is 0. The quantitative estimate of drug-likeness (QED) is 0.527. The lowest BCUT2D eigenvalue weighted by Crippen LogP contribution is -1.86. The molecule has 0 N–H and O–H groups in total. The highest BCUT2D eigenvalue weighted by molar-refractivity contribution is 4.65. The Bertz CT molecular complexity index is 38.2. The minimum Gasteiger partial charge on any atom is -0.240 e. The van der Waals surface area contributed by atoms with Gasteiger partial charge in [-0.3, -0.25) is 0 Å². The van der Waals surface area contributed by atoms with Crippen molar-refractivity contribution in [2.75, 3.05) is 7.11 Å². The first-order chi connectivity index (χ1) is 6.00. The summed E-state index contributed by atoms with van der Waals surface area (Å²) < 4.78 is 0. The molecule has 0 saturated heterocycles. The van der Waals surface area contributed by atoms with Crippen LogP contribution >= 0.6 is 0 Å². The van der Waals surface area contributed by atoms with Crippen molar-refractivity contribution in [3.8, 4) is 0 Å². The first-order valence-electron chi connectivity index (χ1n) is 5.22. The Morgan fingerprint density at radius 2 is 1.00 bits per heavy atom. The molecule has 0 unspecified atom stereocenters. The fraction of sp³-hybridized carbons (Fsp3) is 0.909.